The molecule has 1 aromatic carbocycles. The highest BCUT2D eigenvalue weighted by atomic mass is 15.1. The number of imidazole rings is 1. The number of nitrogens with two attached hydrogens (primary N) is 1. The molecule has 0 fully saturated rings. The number of nitrogens with zero attached hydrogens (tertiary/aromatic N) is 2. The Balaban J connectivity index is 2.55. The molecule has 0 aliphatic rings. The molecule has 0 saturated carbocycles. The predicted octanol–water partition coefficient (Wildman–Crippen LogP) is 2.59. The summed E-state index contributed by atoms with van der Waals surface area (Å²) < 4.78 is 2.17. The van der Waals surface area contributed by atoms with Gasteiger partial charge in [-0.05, 0) is 24.5 Å². The Morgan fingerprint density at radius 2 is 2.18 bits per heavy atom. The summed E-state index contributed by atoms with van der Waals surface area (Å²) in [4.78, 5) is 4.42. The topological polar surface area (TPSA) is 43.8 Å². The van der Waals surface area contributed by atoms with Crippen molar-refractivity contribution in [2.24, 2.45) is 5.73 Å². The van der Waals surface area contributed by atoms with E-state index in [1.165, 1.54) is 16.8 Å². The van der Waals surface area contributed by atoms with E-state index in [1.54, 1.807) is 0 Å². The van der Waals surface area contributed by atoms with E-state index in [9.17, 15) is 0 Å². The zero-order valence-corrected chi connectivity index (χ0v) is 10.5. The van der Waals surface area contributed by atoms with Crippen molar-refractivity contribution in [3.63, 3.8) is 0 Å². The molecular weight excluding hydrogens is 210 g/mol. The number of aryl methyl sites for hydroxylation is 2. The lowest BCUT2D eigenvalue weighted by Gasteiger charge is -2.14. The molecule has 2 rings (SSSR count). The van der Waals surface area contributed by atoms with Crippen LogP contribution in [0.15, 0.2) is 30.6 Å². The molecule has 1 aromatic heterocycles. The molecule has 0 bridgehead atoms. The highest BCUT2D eigenvalue weighted by Crippen LogP contribution is 2.21. The molecule has 0 aliphatic carbocycles. The van der Waals surface area contributed by atoms with Gasteiger partial charge in [-0.15, -0.1) is 0 Å². The predicted molar refractivity (Wildman–Crippen MR) is 70.2 cm³/mol. The summed E-state index contributed by atoms with van der Waals surface area (Å²) in [6, 6.07) is 6.25. The Labute approximate surface area is 102 Å². The Kier molecular flexibility index (Phi) is 3.59. The van der Waals surface area contributed by atoms with Crippen LogP contribution in [0, 0.1) is 6.92 Å². The molecule has 17 heavy (non-hydrogen) atoms. The average Bonchev–Trinajstić information content (AvgIpc) is 2.77. The summed E-state index contributed by atoms with van der Waals surface area (Å²) in [5, 5.41) is 0. The molecule has 0 radical (unpaired) electrons. The van der Waals surface area contributed by atoms with Crippen LogP contribution >= 0.6 is 0 Å². The molecule has 2 aromatic rings. The van der Waals surface area contributed by atoms with Gasteiger partial charge in [0.05, 0.1) is 5.69 Å². The van der Waals surface area contributed by atoms with Crippen LogP contribution in [0.25, 0.3) is 5.69 Å². The first-order valence-corrected chi connectivity index (χ1v) is 6.09. The van der Waals surface area contributed by atoms with Gasteiger partial charge in [-0.2, -0.15) is 0 Å². The Hall–Kier alpha value is -1.61. The van der Waals surface area contributed by atoms with E-state index in [1.807, 2.05) is 12.4 Å². The lowest BCUT2D eigenvalue weighted by Crippen LogP contribution is -2.08. The average molecular weight is 229 g/mol. The minimum atomic E-state index is 0.556. The van der Waals surface area contributed by atoms with Crippen LogP contribution in [0.2, 0.25) is 0 Å². The van der Waals surface area contributed by atoms with Crippen molar-refractivity contribution < 1.29 is 0 Å². The van der Waals surface area contributed by atoms with E-state index in [0.717, 1.165) is 18.7 Å². The van der Waals surface area contributed by atoms with E-state index >= 15 is 0 Å². The number of para-hydroxylation sites is 1. The van der Waals surface area contributed by atoms with Crippen molar-refractivity contribution in [3.05, 3.63) is 47.5 Å². The number of benzene rings is 1. The van der Waals surface area contributed by atoms with Crippen LogP contribution in [-0.2, 0) is 13.0 Å². The summed E-state index contributed by atoms with van der Waals surface area (Å²) in [7, 11) is 0. The molecule has 1 heterocycles. The van der Waals surface area contributed by atoms with Crippen molar-refractivity contribution in [1.82, 2.24) is 9.55 Å². The Bertz CT molecular complexity index is 500. The maximum Gasteiger partial charge on any atom is 0.113 e. The molecule has 90 valence electrons. The fraction of sp³-hybridized carbons (Fsp3) is 0.357. The zero-order valence-electron chi connectivity index (χ0n) is 10.5. The first-order valence-electron chi connectivity index (χ1n) is 6.09. The van der Waals surface area contributed by atoms with Gasteiger partial charge in [-0.25, -0.2) is 4.98 Å². The maximum absolute atomic E-state index is 5.82. The van der Waals surface area contributed by atoms with E-state index in [2.05, 4.69) is 41.6 Å². The Morgan fingerprint density at radius 1 is 1.35 bits per heavy atom. The van der Waals surface area contributed by atoms with Gasteiger partial charge in [0.15, 0.2) is 0 Å². The second kappa shape index (κ2) is 5.15. The SMILES string of the molecule is CCCc1nccn1-c1c(C)cccc1CN. The fourth-order valence-corrected chi connectivity index (χ4v) is 2.18. The van der Waals surface area contributed by atoms with Gasteiger partial charge in [0, 0.05) is 25.4 Å². The summed E-state index contributed by atoms with van der Waals surface area (Å²) in [5.41, 5.74) is 9.41. The molecule has 2 N–H and O–H groups in total. The molecule has 3 heteroatoms. The molecule has 0 aliphatic heterocycles. The fourth-order valence-electron chi connectivity index (χ4n) is 2.18. The number of hydrogen-bond donors (Lipinski definition) is 1. The third-order valence-corrected chi connectivity index (χ3v) is 2.97. The Morgan fingerprint density at radius 3 is 2.88 bits per heavy atom. The molecule has 0 saturated heterocycles. The number of aromatic nitrogens is 2. The third kappa shape index (κ3) is 2.24. The third-order valence-electron chi connectivity index (χ3n) is 2.97. The summed E-state index contributed by atoms with van der Waals surface area (Å²) in [5.74, 6) is 1.11. The van der Waals surface area contributed by atoms with Crippen molar-refractivity contribution >= 4 is 0 Å². The second-order valence-corrected chi connectivity index (χ2v) is 4.25. The van der Waals surface area contributed by atoms with Crippen LogP contribution < -0.4 is 5.73 Å². The molecule has 0 spiro atoms. The van der Waals surface area contributed by atoms with Crippen molar-refractivity contribution in [2.75, 3.05) is 0 Å². The van der Waals surface area contributed by atoms with E-state index in [4.69, 9.17) is 5.73 Å². The van der Waals surface area contributed by atoms with Crippen LogP contribution in [0.1, 0.15) is 30.3 Å². The summed E-state index contributed by atoms with van der Waals surface area (Å²) >= 11 is 0. The maximum atomic E-state index is 5.82. The number of hydrogen-bond acceptors (Lipinski definition) is 2. The van der Waals surface area contributed by atoms with Crippen molar-refractivity contribution in [3.8, 4) is 5.69 Å². The minimum absolute atomic E-state index is 0.556. The van der Waals surface area contributed by atoms with Crippen LogP contribution in [-0.4, -0.2) is 9.55 Å². The molecule has 0 unspecified atom stereocenters. The van der Waals surface area contributed by atoms with E-state index in [0.29, 0.717) is 6.54 Å². The van der Waals surface area contributed by atoms with Gasteiger partial charge in [0.2, 0.25) is 0 Å². The highest BCUT2D eigenvalue weighted by molar-refractivity contribution is 5.48. The first kappa shape index (κ1) is 11.9. The lowest BCUT2D eigenvalue weighted by molar-refractivity contribution is 0.800. The number of rotatable bonds is 4. The molecule has 0 atom stereocenters. The van der Waals surface area contributed by atoms with Gasteiger partial charge < -0.3 is 10.3 Å². The minimum Gasteiger partial charge on any atom is -0.326 e. The summed E-state index contributed by atoms with van der Waals surface area (Å²) in [6.45, 7) is 4.84. The quantitative estimate of drug-likeness (QED) is 0.875. The van der Waals surface area contributed by atoms with Crippen LogP contribution in [0.4, 0.5) is 0 Å². The van der Waals surface area contributed by atoms with Gasteiger partial charge in [0.1, 0.15) is 5.82 Å². The smallest absolute Gasteiger partial charge is 0.113 e. The highest BCUT2D eigenvalue weighted by Gasteiger charge is 2.10. The van der Waals surface area contributed by atoms with Crippen molar-refractivity contribution in [2.45, 2.75) is 33.2 Å². The molecular formula is C14H19N3. The van der Waals surface area contributed by atoms with E-state index < -0.39 is 0 Å². The molecule has 0 amide bonds. The first-order chi connectivity index (χ1) is 8.27. The van der Waals surface area contributed by atoms with Crippen molar-refractivity contribution in [1.29, 1.82) is 0 Å². The molecule has 3 nitrogen and oxygen atoms in total. The van der Waals surface area contributed by atoms with Gasteiger partial charge in [0.25, 0.3) is 0 Å². The van der Waals surface area contributed by atoms with Gasteiger partial charge >= 0.3 is 0 Å². The lowest BCUT2D eigenvalue weighted by atomic mass is 10.1. The van der Waals surface area contributed by atoms with Crippen LogP contribution in [0.3, 0.4) is 0 Å². The zero-order chi connectivity index (χ0) is 12.3. The largest absolute Gasteiger partial charge is 0.326 e. The van der Waals surface area contributed by atoms with Gasteiger partial charge in [-0.3, -0.25) is 0 Å². The standard InChI is InChI=1S/C14H19N3/c1-3-5-13-16-8-9-17(13)14-11(2)6-4-7-12(14)10-15/h4,6-9H,3,5,10,15H2,1-2H3. The second-order valence-electron chi connectivity index (χ2n) is 4.25. The monoisotopic (exact) mass is 229 g/mol. The van der Waals surface area contributed by atoms with Crippen LogP contribution in [0.5, 0.6) is 0 Å². The normalized spacial score (nSPS) is 10.8. The van der Waals surface area contributed by atoms with Gasteiger partial charge in [-0.1, -0.05) is 25.1 Å². The summed E-state index contributed by atoms with van der Waals surface area (Å²) in [6.07, 6.45) is 5.97. The van der Waals surface area contributed by atoms with E-state index in [-0.39, 0.29) is 0 Å².